The van der Waals surface area contributed by atoms with Crippen molar-refractivity contribution in [2.45, 2.75) is 0 Å². The average molecular weight is 242 g/mol. The number of hydrogen-bond acceptors (Lipinski definition) is 3. The van der Waals surface area contributed by atoms with Crippen molar-refractivity contribution in [3.8, 4) is 5.75 Å². The van der Waals surface area contributed by atoms with Crippen LogP contribution < -0.4 is 10.0 Å². The lowest BCUT2D eigenvalue weighted by atomic mass is 10.1. The van der Waals surface area contributed by atoms with Crippen LogP contribution in [0.2, 0.25) is 0 Å². The molecule has 0 radical (unpaired) electrons. The van der Waals surface area contributed by atoms with Gasteiger partial charge < -0.3 is 4.74 Å². The predicted octanol–water partition coefficient (Wildman–Crippen LogP) is 2.21. The molecule has 0 bridgehead atoms. The third-order valence-corrected chi connectivity index (χ3v) is 2.63. The molecule has 0 aromatic heterocycles. The van der Waals surface area contributed by atoms with Crippen LogP contribution in [0.4, 0.5) is 0 Å². The van der Waals surface area contributed by atoms with Crippen molar-refractivity contribution in [3.05, 3.63) is 53.8 Å². The van der Waals surface area contributed by atoms with E-state index in [0.717, 1.165) is 11.1 Å². The van der Waals surface area contributed by atoms with Crippen LogP contribution in [0.1, 0.15) is 0 Å². The first-order chi connectivity index (χ1) is 8.19. The molecule has 0 fully saturated rings. The van der Waals surface area contributed by atoms with Gasteiger partial charge in [-0.05, 0) is 41.5 Å². The minimum atomic E-state index is 0.271. The van der Waals surface area contributed by atoms with Gasteiger partial charge in [0, 0.05) is 0 Å². The molecule has 84 valence electrons. The molecule has 1 aliphatic rings. The quantitative estimate of drug-likeness (QED) is 0.606. The van der Waals surface area contributed by atoms with Gasteiger partial charge in [-0.15, -0.1) is 9.24 Å². The summed E-state index contributed by atoms with van der Waals surface area (Å²) in [6.07, 6.45) is 4.93. The maximum atomic E-state index is 7.53. The van der Waals surface area contributed by atoms with E-state index in [9.17, 15) is 0 Å². The van der Waals surface area contributed by atoms with Crippen LogP contribution in [0.25, 0.3) is 0 Å². The molecule has 0 aliphatic heterocycles. The van der Waals surface area contributed by atoms with Crippen molar-refractivity contribution < 1.29 is 4.74 Å². The zero-order valence-corrected chi connectivity index (χ0v) is 10.2. The van der Waals surface area contributed by atoms with E-state index in [1.807, 2.05) is 24.3 Å². The van der Waals surface area contributed by atoms with E-state index in [-0.39, 0.29) is 5.71 Å². The van der Waals surface area contributed by atoms with Gasteiger partial charge in [0.15, 0.2) is 0 Å². The smallest absolute Gasteiger partial charge is 0.128 e. The highest BCUT2D eigenvalue weighted by Gasteiger charge is 2.08. The molecule has 0 saturated heterocycles. The van der Waals surface area contributed by atoms with Gasteiger partial charge in [-0.25, -0.2) is 0 Å². The molecule has 1 aromatic carbocycles. The zero-order chi connectivity index (χ0) is 12.3. The Morgan fingerprint density at radius 2 is 1.82 bits per heavy atom. The molecule has 2 rings (SSSR count). The molecule has 0 heterocycles. The number of nitrogens with one attached hydrogen (secondary N) is 2. The topological polar surface area (TPSA) is 56.9 Å². The second-order valence-corrected chi connectivity index (χ2v) is 4.17. The van der Waals surface area contributed by atoms with Gasteiger partial charge in [0.05, 0.1) is 11.3 Å². The molecular formula is C13H11N2OP. The molecule has 17 heavy (non-hydrogen) atoms. The van der Waals surface area contributed by atoms with E-state index in [2.05, 4.69) is 15.1 Å². The Labute approximate surface area is 102 Å². The maximum Gasteiger partial charge on any atom is 0.128 e. The van der Waals surface area contributed by atoms with Crippen LogP contribution in [0.15, 0.2) is 53.8 Å². The second kappa shape index (κ2) is 4.92. The fraction of sp³-hybridized carbons (Fsp3) is 0. The molecule has 0 spiro atoms. The molecule has 4 heteroatoms. The van der Waals surface area contributed by atoms with Gasteiger partial charge in [0.1, 0.15) is 11.5 Å². The molecule has 0 saturated carbocycles. The lowest BCUT2D eigenvalue weighted by Crippen LogP contribution is -2.05. The van der Waals surface area contributed by atoms with Gasteiger partial charge in [0.25, 0.3) is 0 Å². The Morgan fingerprint density at radius 1 is 1.12 bits per heavy atom. The molecule has 1 atom stereocenters. The Bertz CT molecular complexity index is 564. The third kappa shape index (κ3) is 2.79. The second-order valence-electron chi connectivity index (χ2n) is 3.50. The molecule has 1 unspecified atom stereocenters. The largest absolute Gasteiger partial charge is 0.457 e. The number of hydrogen-bond donors (Lipinski definition) is 2. The molecule has 0 amide bonds. The van der Waals surface area contributed by atoms with Gasteiger partial charge in [-0.3, -0.25) is 10.8 Å². The van der Waals surface area contributed by atoms with Crippen molar-refractivity contribution in [2.24, 2.45) is 0 Å². The van der Waals surface area contributed by atoms with Crippen molar-refractivity contribution >= 4 is 26.1 Å². The van der Waals surface area contributed by atoms with Crippen molar-refractivity contribution in [3.63, 3.8) is 0 Å². The molecular weight excluding hydrogens is 231 g/mol. The van der Waals surface area contributed by atoms with Gasteiger partial charge >= 0.3 is 0 Å². The average Bonchev–Trinajstić information content (AvgIpc) is 2.34. The Hall–Kier alpha value is -1.95. The number of rotatable bonds is 2. The summed E-state index contributed by atoms with van der Waals surface area (Å²) < 4.78 is 5.61. The third-order valence-electron chi connectivity index (χ3n) is 2.24. The van der Waals surface area contributed by atoms with Crippen molar-refractivity contribution in [1.29, 1.82) is 10.8 Å². The van der Waals surface area contributed by atoms with Crippen LogP contribution in [-0.4, -0.2) is 11.6 Å². The SMILES string of the molecule is N=C=C1C=C(Oc2ccc(P)cc2)C=CC1=N. The first kappa shape index (κ1) is 11.5. The lowest BCUT2D eigenvalue weighted by Gasteiger charge is -2.10. The van der Waals surface area contributed by atoms with Crippen LogP contribution in [-0.2, 0) is 0 Å². The van der Waals surface area contributed by atoms with Crippen LogP contribution >= 0.6 is 9.24 Å². The molecule has 3 nitrogen and oxygen atoms in total. The highest BCUT2D eigenvalue weighted by Crippen LogP contribution is 2.17. The zero-order valence-electron chi connectivity index (χ0n) is 9.03. The van der Waals surface area contributed by atoms with Gasteiger partial charge in [0.2, 0.25) is 0 Å². The first-order valence-electron chi connectivity index (χ1n) is 5.01. The summed E-state index contributed by atoms with van der Waals surface area (Å²) in [5.74, 6) is 3.54. The summed E-state index contributed by atoms with van der Waals surface area (Å²) in [5, 5.41) is 15.7. The molecule has 1 aromatic rings. The summed E-state index contributed by atoms with van der Waals surface area (Å²) in [6.45, 7) is 0. The maximum absolute atomic E-state index is 7.53. The summed E-state index contributed by atoms with van der Waals surface area (Å²) in [6, 6.07) is 7.60. The fourth-order valence-corrected chi connectivity index (χ4v) is 1.55. The standard InChI is InChI=1S/C13H11N2OP/c14-8-9-7-11(3-6-13(9)15)16-10-1-4-12(17)5-2-10/h1-7,14-15H,17H2. The monoisotopic (exact) mass is 242 g/mol. The summed E-state index contributed by atoms with van der Waals surface area (Å²) in [7, 11) is 2.61. The Balaban J connectivity index is 2.20. The van der Waals surface area contributed by atoms with E-state index in [4.69, 9.17) is 15.6 Å². The molecule has 2 N–H and O–H groups in total. The highest BCUT2D eigenvalue weighted by molar-refractivity contribution is 7.27. The first-order valence-corrected chi connectivity index (χ1v) is 5.58. The Kier molecular flexibility index (Phi) is 3.34. The predicted molar refractivity (Wildman–Crippen MR) is 72.6 cm³/mol. The molecule has 1 aliphatic carbocycles. The summed E-state index contributed by atoms with van der Waals surface area (Å²) >= 11 is 0. The van der Waals surface area contributed by atoms with Crippen LogP contribution in [0.5, 0.6) is 5.75 Å². The number of allylic oxidation sites excluding steroid dienone is 4. The van der Waals surface area contributed by atoms with Crippen LogP contribution in [0, 0.1) is 10.8 Å². The van der Waals surface area contributed by atoms with E-state index < -0.39 is 0 Å². The highest BCUT2D eigenvalue weighted by atomic mass is 31.0. The lowest BCUT2D eigenvalue weighted by molar-refractivity contribution is 0.444. The van der Waals surface area contributed by atoms with Crippen LogP contribution in [0.3, 0.4) is 0 Å². The Morgan fingerprint density at radius 3 is 2.47 bits per heavy atom. The minimum absolute atomic E-state index is 0.271. The van der Waals surface area contributed by atoms with E-state index in [1.165, 1.54) is 0 Å². The number of benzene rings is 1. The normalized spacial score (nSPS) is 14.3. The number of ether oxygens (including phenoxy) is 1. The van der Waals surface area contributed by atoms with E-state index >= 15 is 0 Å². The van der Waals surface area contributed by atoms with Gasteiger partial charge in [-0.2, -0.15) is 0 Å². The minimum Gasteiger partial charge on any atom is -0.457 e. The van der Waals surface area contributed by atoms with Crippen molar-refractivity contribution in [2.75, 3.05) is 0 Å². The van der Waals surface area contributed by atoms with E-state index in [1.54, 1.807) is 18.2 Å². The van der Waals surface area contributed by atoms with Gasteiger partial charge in [-0.1, -0.05) is 12.1 Å². The summed E-state index contributed by atoms with van der Waals surface area (Å²) in [4.78, 5) is 0. The van der Waals surface area contributed by atoms with Crippen molar-refractivity contribution in [1.82, 2.24) is 0 Å². The summed E-state index contributed by atoms with van der Waals surface area (Å²) in [5.41, 5.74) is 0.692. The fourth-order valence-electron chi connectivity index (χ4n) is 1.36. The van der Waals surface area contributed by atoms with E-state index in [0.29, 0.717) is 11.3 Å².